The quantitative estimate of drug-likeness (QED) is 0.780. The molecule has 2 rings (SSSR count). The van der Waals surface area contributed by atoms with Crippen LogP contribution in [0.3, 0.4) is 0 Å². The van der Waals surface area contributed by atoms with Gasteiger partial charge in [-0.1, -0.05) is 31.0 Å². The summed E-state index contributed by atoms with van der Waals surface area (Å²) >= 11 is 1.52. The molecule has 4 nitrogen and oxygen atoms in total. The highest BCUT2D eigenvalue weighted by Crippen LogP contribution is 2.31. The number of nitrogen functional groups attached to an aromatic ring is 1. The van der Waals surface area contributed by atoms with Crippen molar-refractivity contribution in [2.75, 3.05) is 12.0 Å². The molecule has 5 heteroatoms. The minimum Gasteiger partial charge on any atom is -0.368 e. The van der Waals surface area contributed by atoms with Crippen molar-refractivity contribution >= 4 is 17.7 Å². The van der Waals surface area contributed by atoms with Crippen molar-refractivity contribution in [3.05, 3.63) is 5.82 Å². The fourth-order valence-corrected chi connectivity index (χ4v) is 2.39. The van der Waals surface area contributed by atoms with Gasteiger partial charge in [-0.15, -0.1) is 0 Å². The van der Waals surface area contributed by atoms with Gasteiger partial charge in [-0.2, -0.15) is 9.97 Å². The summed E-state index contributed by atoms with van der Waals surface area (Å²) in [5.74, 6) is 1.75. The SMILES string of the molecule is CSc1nc(N)nc(C2CCCCC2)n1. The summed E-state index contributed by atoms with van der Waals surface area (Å²) < 4.78 is 0. The van der Waals surface area contributed by atoms with Crippen LogP contribution in [-0.4, -0.2) is 21.2 Å². The largest absolute Gasteiger partial charge is 0.368 e. The molecule has 0 aromatic carbocycles. The fraction of sp³-hybridized carbons (Fsp3) is 0.700. The van der Waals surface area contributed by atoms with Gasteiger partial charge in [0, 0.05) is 5.92 Å². The predicted molar refractivity (Wildman–Crippen MR) is 61.8 cm³/mol. The predicted octanol–water partition coefficient (Wildman–Crippen LogP) is 2.22. The summed E-state index contributed by atoms with van der Waals surface area (Å²) in [6.45, 7) is 0. The molecule has 2 N–H and O–H groups in total. The van der Waals surface area contributed by atoms with Crippen LogP contribution in [0.4, 0.5) is 5.95 Å². The van der Waals surface area contributed by atoms with E-state index in [0.29, 0.717) is 11.9 Å². The van der Waals surface area contributed by atoms with Gasteiger partial charge in [0.25, 0.3) is 0 Å². The van der Waals surface area contributed by atoms with E-state index >= 15 is 0 Å². The van der Waals surface area contributed by atoms with E-state index in [1.165, 1.54) is 43.9 Å². The molecule has 1 saturated carbocycles. The lowest BCUT2D eigenvalue weighted by molar-refractivity contribution is 0.425. The number of hydrogen-bond acceptors (Lipinski definition) is 5. The molecular formula is C10H16N4S. The molecular weight excluding hydrogens is 208 g/mol. The average molecular weight is 224 g/mol. The molecule has 1 aliphatic carbocycles. The van der Waals surface area contributed by atoms with Crippen LogP contribution in [0.5, 0.6) is 0 Å². The van der Waals surface area contributed by atoms with Crippen molar-refractivity contribution in [3.63, 3.8) is 0 Å². The second-order valence-electron chi connectivity index (χ2n) is 3.87. The van der Waals surface area contributed by atoms with Gasteiger partial charge >= 0.3 is 0 Å². The van der Waals surface area contributed by atoms with E-state index in [1.807, 2.05) is 6.26 Å². The van der Waals surface area contributed by atoms with Crippen molar-refractivity contribution in [3.8, 4) is 0 Å². The van der Waals surface area contributed by atoms with E-state index in [-0.39, 0.29) is 0 Å². The van der Waals surface area contributed by atoms with Crippen LogP contribution in [-0.2, 0) is 0 Å². The molecule has 1 heterocycles. The number of thioether (sulfide) groups is 1. The van der Waals surface area contributed by atoms with Crippen LogP contribution in [0.15, 0.2) is 5.16 Å². The molecule has 0 spiro atoms. The molecule has 0 amide bonds. The van der Waals surface area contributed by atoms with E-state index < -0.39 is 0 Å². The minimum atomic E-state index is 0.356. The summed E-state index contributed by atoms with van der Waals surface area (Å²) in [5, 5.41) is 0.739. The van der Waals surface area contributed by atoms with Gasteiger partial charge in [-0.05, 0) is 19.1 Å². The van der Waals surface area contributed by atoms with Crippen molar-refractivity contribution in [1.29, 1.82) is 0 Å². The van der Waals surface area contributed by atoms with E-state index in [2.05, 4.69) is 15.0 Å². The van der Waals surface area contributed by atoms with Gasteiger partial charge in [0.1, 0.15) is 5.82 Å². The molecule has 0 atom stereocenters. The average Bonchev–Trinajstić information content (AvgIpc) is 2.29. The molecule has 15 heavy (non-hydrogen) atoms. The van der Waals surface area contributed by atoms with Crippen LogP contribution >= 0.6 is 11.8 Å². The number of hydrogen-bond donors (Lipinski definition) is 1. The summed E-state index contributed by atoms with van der Waals surface area (Å²) in [6, 6.07) is 0. The van der Waals surface area contributed by atoms with Crippen LogP contribution in [0.25, 0.3) is 0 Å². The van der Waals surface area contributed by atoms with Crippen molar-refractivity contribution < 1.29 is 0 Å². The summed E-state index contributed by atoms with van der Waals surface area (Å²) in [5.41, 5.74) is 5.67. The van der Waals surface area contributed by atoms with Crippen molar-refractivity contribution in [2.45, 2.75) is 43.2 Å². The Morgan fingerprint density at radius 2 is 1.87 bits per heavy atom. The Bertz CT molecular complexity index is 336. The Balaban J connectivity index is 2.22. The van der Waals surface area contributed by atoms with Gasteiger partial charge in [0.2, 0.25) is 5.95 Å². The highest BCUT2D eigenvalue weighted by atomic mass is 32.2. The Labute approximate surface area is 94.1 Å². The maximum atomic E-state index is 5.67. The van der Waals surface area contributed by atoms with Gasteiger partial charge in [-0.3, -0.25) is 0 Å². The maximum absolute atomic E-state index is 5.67. The molecule has 1 aromatic heterocycles. The Morgan fingerprint density at radius 3 is 2.53 bits per heavy atom. The number of nitrogens with two attached hydrogens (primary N) is 1. The molecule has 0 bridgehead atoms. The maximum Gasteiger partial charge on any atom is 0.224 e. The molecule has 0 aliphatic heterocycles. The number of nitrogens with zero attached hydrogens (tertiary/aromatic N) is 3. The first-order chi connectivity index (χ1) is 7.29. The number of anilines is 1. The first-order valence-electron chi connectivity index (χ1n) is 5.35. The monoisotopic (exact) mass is 224 g/mol. The Kier molecular flexibility index (Phi) is 3.41. The Morgan fingerprint density at radius 1 is 1.13 bits per heavy atom. The van der Waals surface area contributed by atoms with Gasteiger partial charge < -0.3 is 5.73 Å². The Hall–Kier alpha value is -0.840. The lowest BCUT2D eigenvalue weighted by Gasteiger charge is -2.20. The zero-order valence-electron chi connectivity index (χ0n) is 8.94. The second kappa shape index (κ2) is 4.79. The lowest BCUT2D eigenvalue weighted by Crippen LogP contribution is -2.11. The zero-order chi connectivity index (χ0) is 10.7. The molecule has 0 saturated heterocycles. The summed E-state index contributed by atoms with van der Waals surface area (Å²) in [4.78, 5) is 12.7. The third kappa shape index (κ3) is 2.59. The first kappa shape index (κ1) is 10.7. The first-order valence-corrected chi connectivity index (χ1v) is 6.57. The van der Waals surface area contributed by atoms with E-state index in [1.54, 1.807) is 0 Å². The van der Waals surface area contributed by atoms with Crippen LogP contribution in [0.2, 0.25) is 0 Å². The third-order valence-electron chi connectivity index (χ3n) is 2.80. The van der Waals surface area contributed by atoms with Crippen molar-refractivity contribution in [1.82, 2.24) is 15.0 Å². The zero-order valence-corrected chi connectivity index (χ0v) is 9.76. The third-order valence-corrected chi connectivity index (χ3v) is 3.35. The molecule has 1 aliphatic rings. The smallest absolute Gasteiger partial charge is 0.224 e. The molecule has 1 fully saturated rings. The lowest BCUT2D eigenvalue weighted by atomic mass is 9.89. The van der Waals surface area contributed by atoms with Crippen LogP contribution in [0, 0.1) is 0 Å². The van der Waals surface area contributed by atoms with E-state index in [0.717, 1.165) is 11.0 Å². The topological polar surface area (TPSA) is 64.7 Å². The fourth-order valence-electron chi connectivity index (χ4n) is 2.02. The van der Waals surface area contributed by atoms with Gasteiger partial charge in [-0.25, -0.2) is 4.98 Å². The van der Waals surface area contributed by atoms with Crippen LogP contribution in [0.1, 0.15) is 43.8 Å². The molecule has 0 radical (unpaired) electrons. The molecule has 82 valence electrons. The summed E-state index contributed by atoms with van der Waals surface area (Å²) in [7, 11) is 0. The van der Waals surface area contributed by atoms with Gasteiger partial charge in [0.05, 0.1) is 0 Å². The van der Waals surface area contributed by atoms with Gasteiger partial charge in [0.15, 0.2) is 5.16 Å². The van der Waals surface area contributed by atoms with Crippen LogP contribution < -0.4 is 5.73 Å². The minimum absolute atomic E-state index is 0.356. The normalized spacial score (nSPS) is 17.9. The second-order valence-corrected chi connectivity index (χ2v) is 4.65. The standard InChI is InChI=1S/C10H16N4S/c1-15-10-13-8(12-9(11)14-10)7-5-3-2-4-6-7/h7H,2-6H2,1H3,(H2,11,12,13,14). The highest BCUT2D eigenvalue weighted by Gasteiger charge is 2.19. The highest BCUT2D eigenvalue weighted by molar-refractivity contribution is 7.98. The van der Waals surface area contributed by atoms with E-state index in [9.17, 15) is 0 Å². The number of aromatic nitrogens is 3. The molecule has 1 aromatic rings. The molecule has 0 unspecified atom stereocenters. The van der Waals surface area contributed by atoms with E-state index in [4.69, 9.17) is 5.73 Å². The summed E-state index contributed by atoms with van der Waals surface area (Å²) in [6.07, 6.45) is 8.25. The van der Waals surface area contributed by atoms with Crippen molar-refractivity contribution in [2.24, 2.45) is 0 Å². The number of rotatable bonds is 2.